The van der Waals surface area contributed by atoms with Gasteiger partial charge in [0.05, 0.1) is 12.6 Å². The molecule has 106 valence electrons. The van der Waals surface area contributed by atoms with Crippen LogP contribution in [0.4, 0.5) is 5.82 Å². The summed E-state index contributed by atoms with van der Waals surface area (Å²) >= 11 is 1.52. The quantitative estimate of drug-likeness (QED) is 0.589. The molecule has 0 saturated heterocycles. The monoisotopic (exact) mass is 298 g/mol. The van der Waals surface area contributed by atoms with Crippen molar-refractivity contribution in [3.05, 3.63) is 48.2 Å². The lowest BCUT2D eigenvalue weighted by Crippen LogP contribution is -1.97. The molecule has 3 rings (SSSR count). The predicted octanol–water partition coefficient (Wildman–Crippen LogP) is 2.91. The Morgan fingerprint density at radius 3 is 2.95 bits per heavy atom. The summed E-state index contributed by atoms with van der Waals surface area (Å²) in [4.78, 5) is 12.8. The van der Waals surface area contributed by atoms with Gasteiger partial charge in [-0.25, -0.2) is 4.98 Å². The van der Waals surface area contributed by atoms with Crippen molar-refractivity contribution in [2.24, 2.45) is 0 Å². The number of pyridine rings is 1. The molecule has 6 heteroatoms. The Kier molecular flexibility index (Phi) is 3.87. The van der Waals surface area contributed by atoms with Crippen molar-refractivity contribution < 1.29 is 4.74 Å². The molecule has 2 aromatic heterocycles. The van der Waals surface area contributed by atoms with E-state index in [2.05, 4.69) is 33.2 Å². The van der Waals surface area contributed by atoms with Gasteiger partial charge in [-0.05, 0) is 17.7 Å². The van der Waals surface area contributed by atoms with Gasteiger partial charge in [-0.2, -0.15) is 4.98 Å². The summed E-state index contributed by atoms with van der Waals surface area (Å²) in [5.41, 5.74) is 7.87. The Morgan fingerprint density at radius 2 is 2.10 bits per heavy atom. The number of nitrogens with two attached hydrogens (primary N) is 1. The van der Waals surface area contributed by atoms with Gasteiger partial charge in [-0.15, -0.1) is 0 Å². The van der Waals surface area contributed by atoms with Crippen LogP contribution in [0.3, 0.4) is 0 Å². The molecule has 1 aromatic carbocycles. The Bertz CT molecular complexity index is 778. The molecule has 0 radical (unpaired) electrons. The fourth-order valence-corrected chi connectivity index (χ4v) is 2.74. The van der Waals surface area contributed by atoms with Gasteiger partial charge in [0.15, 0.2) is 5.16 Å². The first-order valence-electron chi connectivity index (χ1n) is 6.39. The van der Waals surface area contributed by atoms with Crippen molar-refractivity contribution in [3.63, 3.8) is 0 Å². The molecule has 0 amide bonds. The zero-order valence-electron chi connectivity index (χ0n) is 11.5. The lowest BCUT2D eigenvalue weighted by Gasteiger charge is -2.05. The molecule has 21 heavy (non-hydrogen) atoms. The summed E-state index contributed by atoms with van der Waals surface area (Å²) in [6, 6.07) is 11.8. The van der Waals surface area contributed by atoms with Crippen LogP contribution in [0.5, 0.6) is 5.88 Å². The number of aromatic nitrogens is 3. The van der Waals surface area contributed by atoms with Crippen LogP contribution in [0.25, 0.3) is 10.9 Å². The van der Waals surface area contributed by atoms with E-state index in [1.165, 1.54) is 11.8 Å². The number of hydrogen-bond donors (Lipinski definition) is 1. The van der Waals surface area contributed by atoms with Crippen LogP contribution in [-0.2, 0) is 5.75 Å². The third-order valence-electron chi connectivity index (χ3n) is 2.95. The second-order valence-corrected chi connectivity index (χ2v) is 5.38. The minimum atomic E-state index is 0.407. The molecule has 0 aliphatic carbocycles. The zero-order valence-corrected chi connectivity index (χ0v) is 12.3. The molecule has 2 N–H and O–H groups in total. The first-order chi connectivity index (χ1) is 10.2. The molecule has 0 aliphatic rings. The van der Waals surface area contributed by atoms with E-state index >= 15 is 0 Å². The summed E-state index contributed by atoms with van der Waals surface area (Å²) in [6.07, 6.45) is 1.80. The summed E-state index contributed by atoms with van der Waals surface area (Å²) in [6.45, 7) is 0. The number of anilines is 1. The van der Waals surface area contributed by atoms with Gasteiger partial charge in [0.1, 0.15) is 5.82 Å². The topological polar surface area (TPSA) is 73.9 Å². The number of hydrogen-bond acceptors (Lipinski definition) is 6. The maximum atomic E-state index is 5.72. The van der Waals surface area contributed by atoms with Crippen LogP contribution in [0.1, 0.15) is 5.56 Å². The van der Waals surface area contributed by atoms with Crippen molar-refractivity contribution in [3.8, 4) is 5.88 Å². The highest BCUT2D eigenvalue weighted by molar-refractivity contribution is 7.98. The van der Waals surface area contributed by atoms with Crippen molar-refractivity contribution in [1.29, 1.82) is 0 Å². The number of benzene rings is 1. The number of fused-ring (bicyclic) bond motifs is 1. The van der Waals surface area contributed by atoms with Gasteiger partial charge in [0.25, 0.3) is 0 Å². The minimum Gasteiger partial charge on any atom is -0.481 e. The Labute approximate surface area is 126 Å². The Balaban J connectivity index is 1.78. The SMILES string of the molecule is COc1cc(N)nc(SCc2ccc3cccnc3c2)n1. The minimum absolute atomic E-state index is 0.407. The van der Waals surface area contributed by atoms with E-state index in [-0.39, 0.29) is 0 Å². The van der Waals surface area contributed by atoms with Crippen molar-refractivity contribution >= 4 is 28.5 Å². The normalized spacial score (nSPS) is 10.7. The van der Waals surface area contributed by atoms with Gasteiger partial charge in [0.2, 0.25) is 5.88 Å². The van der Waals surface area contributed by atoms with Crippen LogP contribution in [0, 0.1) is 0 Å². The summed E-state index contributed by atoms with van der Waals surface area (Å²) in [5.74, 6) is 1.63. The summed E-state index contributed by atoms with van der Waals surface area (Å²) < 4.78 is 5.09. The first-order valence-corrected chi connectivity index (χ1v) is 7.38. The average Bonchev–Trinajstić information content (AvgIpc) is 2.52. The van der Waals surface area contributed by atoms with Crippen LogP contribution in [0.15, 0.2) is 47.8 Å². The molecule has 5 nitrogen and oxygen atoms in total. The maximum Gasteiger partial charge on any atom is 0.219 e. The maximum absolute atomic E-state index is 5.72. The summed E-state index contributed by atoms with van der Waals surface area (Å²) in [7, 11) is 1.56. The Hall–Kier alpha value is -2.34. The molecule has 0 saturated carbocycles. The second-order valence-electron chi connectivity index (χ2n) is 4.44. The van der Waals surface area contributed by atoms with E-state index in [1.807, 2.05) is 12.1 Å². The molecular formula is C15H14N4OS. The summed E-state index contributed by atoms with van der Waals surface area (Å²) in [5, 5.41) is 1.74. The zero-order chi connectivity index (χ0) is 14.7. The van der Waals surface area contributed by atoms with E-state index < -0.39 is 0 Å². The van der Waals surface area contributed by atoms with Gasteiger partial charge >= 0.3 is 0 Å². The smallest absolute Gasteiger partial charge is 0.219 e. The van der Waals surface area contributed by atoms with Crippen molar-refractivity contribution in [1.82, 2.24) is 15.0 Å². The molecule has 0 bridgehead atoms. The third kappa shape index (κ3) is 3.22. The van der Waals surface area contributed by atoms with E-state index in [0.717, 1.165) is 22.2 Å². The average molecular weight is 298 g/mol. The molecule has 0 unspecified atom stereocenters. The molecule has 3 aromatic rings. The molecule has 2 heterocycles. The van der Waals surface area contributed by atoms with E-state index in [4.69, 9.17) is 10.5 Å². The number of rotatable bonds is 4. The van der Waals surface area contributed by atoms with E-state index in [9.17, 15) is 0 Å². The number of nitrogen functional groups attached to an aromatic ring is 1. The van der Waals surface area contributed by atoms with Gasteiger partial charge in [0, 0.05) is 23.4 Å². The fourth-order valence-electron chi connectivity index (χ4n) is 1.94. The second kappa shape index (κ2) is 5.97. The molecule has 0 atom stereocenters. The van der Waals surface area contributed by atoms with E-state index in [0.29, 0.717) is 16.9 Å². The number of methoxy groups -OCH3 is 1. The van der Waals surface area contributed by atoms with Gasteiger partial charge in [-0.1, -0.05) is 30.0 Å². The van der Waals surface area contributed by atoms with Crippen molar-refractivity contribution in [2.75, 3.05) is 12.8 Å². The lowest BCUT2D eigenvalue weighted by molar-refractivity contribution is 0.393. The first kappa shape index (κ1) is 13.6. The standard InChI is InChI=1S/C15H14N4OS/c1-20-14-8-13(16)18-15(19-14)21-9-10-4-5-11-3-2-6-17-12(11)7-10/h2-8H,9H2,1H3,(H2,16,18,19). The highest BCUT2D eigenvalue weighted by Gasteiger charge is 2.05. The fraction of sp³-hybridized carbons (Fsp3) is 0.133. The lowest BCUT2D eigenvalue weighted by atomic mass is 10.1. The highest BCUT2D eigenvalue weighted by atomic mass is 32.2. The largest absolute Gasteiger partial charge is 0.481 e. The van der Waals surface area contributed by atoms with Crippen LogP contribution < -0.4 is 10.5 Å². The number of thioether (sulfide) groups is 1. The van der Waals surface area contributed by atoms with Crippen LogP contribution >= 0.6 is 11.8 Å². The Morgan fingerprint density at radius 1 is 1.19 bits per heavy atom. The third-order valence-corrected chi connectivity index (χ3v) is 3.87. The molecule has 0 aliphatic heterocycles. The van der Waals surface area contributed by atoms with Gasteiger partial charge < -0.3 is 10.5 Å². The molecule has 0 spiro atoms. The van der Waals surface area contributed by atoms with Crippen LogP contribution in [-0.4, -0.2) is 22.1 Å². The number of nitrogens with zero attached hydrogens (tertiary/aromatic N) is 3. The molecule has 0 fully saturated rings. The van der Waals surface area contributed by atoms with Crippen molar-refractivity contribution in [2.45, 2.75) is 10.9 Å². The van der Waals surface area contributed by atoms with E-state index in [1.54, 1.807) is 19.4 Å². The van der Waals surface area contributed by atoms with Crippen LogP contribution in [0.2, 0.25) is 0 Å². The van der Waals surface area contributed by atoms with Gasteiger partial charge in [-0.3, -0.25) is 4.98 Å². The predicted molar refractivity (Wildman–Crippen MR) is 84.3 cm³/mol. The highest BCUT2D eigenvalue weighted by Crippen LogP contribution is 2.24. The number of ether oxygens (including phenoxy) is 1. The molecular weight excluding hydrogens is 284 g/mol.